The van der Waals surface area contributed by atoms with Gasteiger partial charge in [-0.3, -0.25) is 0 Å². The minimum Gasteiger partial charge on any atom is -0.330 e. The smallest absolute Gasteiger partial charge is 0.318 e. The van der Waals surface area contributed by atoms with E-state index in [1.54, 1.807) is 24.1 Å². The van der Waals surface area contributed by atoms with Crippen LogP contribution in [0.4, 0.5) is 9.18 Å². The normalized spacial score (nSPS) is 14.6. The van der Waals surface area contributed by atoms with Gasteiger partial charge in [-0.25, -0.2) is 19.2 Å². The van der Waals surface area contributed by atoms with Crippen molar-refractivity contribution in [3.63, 3.8) is 0 Å². The fraction of sp³-hybridized carbons (Fsp3) is 0.476. The maximum Gasteiger partial charge on any atom is 0.318 e. The Bertz CT molecular complexity index is 876. The molecule has 156 valence electrons. The van der Waals surface area contributed by atoms with Crippen LogP contribution in [0.5, 0.6) is 0 Å². The molecule has 2 amide bonds. The quantitative estimate of drug-likeness (QED) is 0.751. The number of nitrogens with zero attached hydrogens (tertiary/aromatic N) is 3. The maximum absolute atomic E-state index is 13.5. The molecule has 3 rings (SSSR count). The number of urea groups is 1. The van der Waals surface area contributed by atoms with Crippen LogP contribution in [0.25, 0.3) is 0 Å². The lowest BCUT2D eigenvalue weighted by molar-refractivity contribution is 0.187. The minimum atomic E-state index is -0.477. The highest BCUT2D eigenvalue weighted by Gasteiger charge is 2.25. The number of carbonyl (C=O) groups excluding carboxylic acids is 1. The highest BCUT2D eigenvalue weighted by atomic mass is 35.5. The van der Waals surface area contributed by atoms with Gasteiger partial charge in [-0.15, -0.1) is 0 Å². The molecule has 0 bridgehead atoms. The van der Waals surface area contributed by atoms with Gasteiger partial charge in [0.15, 0.2) is 0 Å². The second-order valence-electron chi connectivity index (χ2n) is 7.76. The molecule has 29 heavy (non-hydrogen) atoms. The topological polar surface area (TPSA) is 70.2 Å². The third kappa shape index (κ3) is 5.42. The van der Waals surface area contributed by atoms with Gasteiger partial charge in [-0.2, -0.15) is 0 Å². The number of aromatic nitrogens is 2. The number of halogens is 2. The highest BCUT2D eigenvalue weighted by molar-refractivity contribution is 6.30. The number of hydrogen-bond acceptors (Lipinski definition) is 4. The lowest BCUT2D eigenvalue weighted by Gasteiger charge is -2.30. The van der Waals surface area contributed by atoms with Gasteiger partial charge in [-0.05, 0) is 42.6 Å². The van der Waals surface area contributed by atoms with E-state index in [1.807, 2.05) is 6.20 Å². The second kappa shape index (κ2) is 9.50. The summed E-state index contributed by atoms with van der Waals surface area (Å²) in [5, 5.41) is 6.13. The summed E-state index contributed by atoms with van der Waals surface area (Å²) in [6, 6.07) is 4.00. The summed E-state index contributed by atoms with van der Waals surface area (Å²) in [6.45, 7) is 5.81. The predicted molar refractivity (Wildman–Crippen MR) is 111 cm³/mol. The molecule has 0 saturated carbocycles. The molecule has 1 aromatic heterocycles. The molecule has 1 aliphatic heterocycles. The molecule has 6 nitrogen and oxygen atoms in total. The van der Waals surface area contributed by atoms with Crippen LogP contribution in [-0.2, 0) is 19.4 Å². The van der Waals surface area contributed by atoms with Crippen molar-refractivity contribution < 1.29 is 9.18 Å². The lowest BCUT2D eigenvalue weighted by atomic mass is 10.1. The monoisotopic (exact) mass is 419 g/mol. The molecule has 8 heteroatoms. The number of benzene rings is 1. The molecule has 0 unspecified atom stereocenters. The first-order valence-corrected chi connectivity index (χ1v) is 10.2. The molecule has 2 heterocycles. The van der Waals surface area contributed by atoms with E-state index in [-0.39, 0.29) is 17.1 Å². The van der Waals surface area contributed by atoms with Crippen molar-refractivity contribution in [3.05, 3.63) is 57.9 Å². The molecular formula is C21H27ClFN5O. The fourth-order valence-electron chi connectivity index (χ4n) is 3.41. The molecule has 1 aliphatic rings. The Morgan fingerprint density at radius 3 is 2.86 bits per heavy atom. The van der Waals surface area contributed by atoms with Crippen LogP contribution < -0.4 is 10.6 Å². The summed E-state index contributed by atoms with van der Waals surface area (Å²) in [4.78, 5) is 23.8. The van der Waals surface area contributed by atoms with Crippen LogP contribution in [0.3, 0.4) is 0 Å². The van der Waals surface area contributed by atoms with E-state index in [0.717, 1.165) is 35.5 Å². The number of fused-ring (bicyclic) bond motifs is 1. The minimum absolute atomic E-state index is 0.0409. The van der Waals surface area contributed by atoms with Gasteiger partial charge in [0.25, 0.3) is 0 Å². The fourth-order valence-corrected chi connectivity index (χ4v) is 3.60. The van der Waals surface area contributed by atoms with Crippen LogP contribution in [0.2, 0.25) is 5.02 Å². The first kappa shape index (κ1) is 21.5. The molecule has 2 aromatic rings. The number of carbonyl (C=O) groups is 1. The first-order valence-electron chi connectivity index (χ1n) is 9.86. The van der Waals surface area contributed by atoms with Gasteiger partial charge in [0.2, 0.25) is 0 Å². The Morgan fingerprint density at radius 1 is 1.38 bits per heavy atom. The molecule has 0 radical (unpaired) electrons. The zero-order chi connectivity index (χ0) is 21.0. The Labute approximate surface area is 175 Å². The van der Waals surface area contributed by atoms with E-state index in [9.17, 15) is 9.18 Å². The van der Waals surface area contributed by atoms with E-state index >= 15 is 0 Å². The van der Waals surface area contributed by atoms with Crippen LogP contribution in [0.1, 0.15) is 42.5 Å². The van der Waals surface area contributed by atoms with Gasteiger partial charge in [0, 0.05) is 25.7 Å². The van der Waals surface area contributed by atoms with Crippen LogP contribution in [0.15, 0.2) is 24.4 Å². The van der Waals surface area contributed by atoms with Crippen LogP contribution in [-0.4, -0.2) is 41.0 Å². The van der Waals surface area contributed by atoms with Gasteiger partial charge in [-0.1, -0.05) is 31.5 Å². The Hall–Kier alpha value is -2.25. The average Bonchev–Trinajstić information content (AvgIpc) is 2.68. The third-order valence-electron chi connectivity index (χ3n) is 4.93. The van der Waals surface area contributed by atoms with Crippen LogP contribution >= 0.6 is 11.6 Å². The Balaban J connectivity index is 1.71. The molecule has 0 saturated heterocycles. The number of rotatable bonds is 6. The summed E-state index contributed by atoms with van der Waals surface area (Å²) >= 11 is 5.92. The van der Waals surface area contributed by atoms with E-state index in [0.29, 0.717) is 25.6 Å². The first-order chi connectivity index (χ1) is 13.9. The summed E-state index contributed by atoms with van der Waals surface area (Å²) in [5.41, 5.74) is 2.75. The third-order valence-corrected chi connectivity index (χ3v) is 5.22. The van der Waals surface area contributed by atoms with Gasteiger partial charge in [0.05, 0.1) is 23.3 Å². The van der Waals surface area contributed by atoms with Crippen molar-refractivity contribution in [1.29, 1.82) is 0 Å². The molecular weight excluding hydrogens is 393 g/mol. The van der Waals surface area contributed by atoms with Gasteiger partial charge >= 0.3 is 6.03 Å². The van der Waals surface area contributed by atoms with Gasteiger partial charge in [0.1, 0.15) is 11.6 Å². The van der Waals surface area contributed by atoms with E-state index in [2.05, 4.69) is 34.4 Å². The standard InChI is InChI=1S/C21H27ClFN5O/c1-13(2)8-20-25-10-15-6-7-28(12-19(15)26-20)21(29)27-18(11-24-3)14-4-5-17(23)16(22)9-14/h4-5,9-10,13,18,24H,6-8,11-12H2,1-3H3,(H,27,29)/t18-/m1/s1. The lowest BCUT2D eigenvalue weighted by Crippen LogP contribution is -2.46. The zero-order valence-corrected chi connectivity index (χ0v) is 17.8. The summed E-state index contributed by atoms with van der Waals surface area (Å²) in [5.74, 6) is 0.811. The largest absolute Gasteiger partial charge is 0.330 e. The second-order valence-corrected chi connectivity index (χ2v) is 8.17. The highest BCUT2D eigenvalue weighted by Crippen LogP contribution is 2.22. The molecule has 1 atom stereocenters. The van der Waals surface area contributed by atoms with E-state index < -0.39 is 5.82 Å². The molecule has 1 aromatic carbocycles. The molecule has 2 N–H and O–H groups in total. The van der Waals surface area contributed by atoms with Crippen molar-refractivity contribution in [2.24, 2.45) is 5.92 Å². The Kier molecular flexibility index (Phi) is 7.03. The van der Waals surface area contributed by atoms with Gasteiger partial charge < -0.3 is 15.5 Å². The molecule has 0 fully saturated rings. The van der Waals surface area contributed by atoms with Crippen LogP contribution in [0, 0.1) is 11.7 Å². The number of likely N-dealkylation sites (N-methyl/N-ethyl adjacent to an activating group) is 1. The van der Waals surface area contributed by atoms with Crippen molar-refractivity contribution in [3.8, 4) is 0 Å². The average molecular weight is 420 g/mol. The summed E-state index contributed by atoms with van der Waals surface area (Å²) in [6.07, 6.45) is 3.43. The Morgan fingerprint density at radius 2 is 2.17 bits per heavy atom. The summed E-state index contributed by atoms with van der Waals surface area (Å²) in [7, 11) is 1.80. The van der Waals surface area contributed by atoms with E-state index in [4.69, 9.17) is 11.6 Å². The van der Waals surface area contributed by atoms with Crippen molar-refractivity contribution in [1.82, 2.24) is 25.5 Å². The number of amides is 2. The number of nitrogens with one attached hydrogen (secondary N) is 2. The molecule has 0 aliphatic carbocycles. The van der Waals surface area contributed by atoms with E-state index in [1.165, 1.54) is 6.07 Å². The SMILES string of the molecule is CNC[C@@H](NC(=O)N1CCc2cnc(CC(C)C)nc2C1)c1ccc(F)c(Cl)c1. The zero-order valence-electron chi connectivity index (χ0n) is 17.0. The van der Waals surface area contributed by atoms with Crippen molar-refractivity contribution in [2.45, 2.75) is 39.3 Å². The predicted octanol–water partition coefficient (Wildman–Crippen LogP) is 3.50. The molecule has 0 spiro atoms. The van der Waals surface area contributed by atoms with Crippen molar-refractivity contribution >= 4 is 17.6 Å². The summed E-state index contributed by atoms with van der Waals surface area (Å²) < 4.78 is 13.5. The number of hydrogen-bond donors (Lipinski definition) is 2. The maximum atomic E-state index is 13.5. The van der Waals surface area contributed by atoms with Crippen molar-refractivity contribution in [2.75, 3.05) is 20.1 Å².